The van der Waals surface area contributed by atoms with Crippen molar-refractivity contribution in [3.8, 4) is 5.75 Å². The number of benzene rings is 2. The lowest BCUT2D eigenvalue weighted by Gasteiger charge is -2.19. The molecule has 2 aromatic carbocycles. The maximum absolute atomic E-state index is 13.1. The third-order valence-corrected chi connectivity index (χ3v) is 5.06. The molecule has 0 heterocycles. The number of para-hydroxylation sites is 1. The quantitative estimate of drug-likeness (QED) is 0.723. The molecule has 0 aliphatic heterocycles. The standard InChI is InChI=1S/C15H13F3O2S2/c16-15(17,18)14(21-13-9-5-2-6-10-13)11-22(19)20-12-7-3-1-4-8-12/h1-10,14H,11H2/t14-,22?/m1/s1. The van der Waals surface area contributed by atoms with Crippen LogP contribution >= 0.6 is 11.8 Å². The summed E-state index contributed by atoms with van der Waals surface area (Å²) in [5, 5.41) is -1.79. The predicted molar refractivity (Wildman–Crippen MR) is 82.2 cm³/mol. The summed E-state index contributed by atoms with van der Waals surface area (Å²) in [6, 6.07) is 16.4. The summed E-state index contributed by atoms with van der Waals surface area (Å²) < 4.78 is 56.2. The SMILES string of the molecule is O=S(C[C@@H](Sc1ccccc1)C(F)(F)F)Oc1ccccc1. The first-order valence-corrected chi connectivity index (χ1v) is 8.47. The summed E-state index contributed by atoms with van der Waals surface area (Å²) in [4.78, 5) is 0.474. The molecule has 22 heavy (non-hydrogen) atoms. The van der Waals surface area contributed by atoms with E-state index in [1.54, 1.807) is 60.7 Å². The topological polar surface area (TPSA) is 26.3 Å². The minimum atomic E-state index is -4.46. The summed E-state index contributed by atoms with van der Waals surface area (Å²) >= 11 is -1.43. The van der Waals surface area contributed by atoms with E-state index in [4.69, 9.17) is 4.18 Å². The molecule has 0 N–H and O–H groups in total. The van der Waals surface area contributed by atoms with Crippen molar-refractivity contribution in [1.82, 2.24) is 0 Å². The van der Waals surface area contributed by atoms with Crippen molar-refractivity contribution in [2.24, 2.45) is 0 Å². The zero-order valence-corrected chi connectivity index (χ0v) is 13.0. The second kappa shape index (κ2) is 7.69. The summed E-state index contributed by atoms with van der Waals surface area (Å²) in [6.07, 6.45) is -4.46. The Labute approximate surface area is 133 Å². The van der Waals surface area contributed by atoms with E-state index >= 15 is 0 Å². The predicted octanol–water partition coefficient (Wildman–Crippen LogP) is 4.45. The van der Waals surface area contributed by atoms with E-state index < -0.39 is 28.3 Å². The van der Waals surface area contributed by atoms with Crippen LogP contribution in [0.15, 0.2) is 65.6 Å². The van der Waals surface area contributed by atoms with E-state index in [0.29, 0.717) is 16.7 Å². The van der Waals surface area contributed by atoms with Crippen molar-refractivity contribution in [1.29, 1.82) is 0 Å². The fourth-order valence-electron chi connectivity index (χ4n) is 1.60. The molecule has 0 radical (unpaired) electrons. The van der Waals surface area contributed by atoms with Crippen molar-refractivity contribution in [2.75, 3.05) is 5.75 Å². The molecule has 0 saturated heterocycles. The molecular formula is C15H13F3O2S2. The minimum Gasteiger partial charge on any atom is -0.401 e. The Bertz CT molecular complexity index is 603. The van der Waals surface area contributed by atoms with E-state index in [-0.39, 0.29) is 5.75 Å². The average Bonchev–Trinajstić information content (AvgIpc) is 2.48. The Morgan fingerprint density at radius 3 is 2.09 bits per heavy atom. The van der Waals surface area contributed by atoms with Gasteiger partial charge in [-0.25, -0.2) is 4.21 Å². The van der Waals surface area contributed by atoms with Gasteiger partial charge in [0, 0.05) is 4.90 Å². The van der Waals surface area contributed by atoms with Crippen molar-refractivity contribution in [3.05, 3.63) is 60.7 Å². The van der Waals surface area contributed by atoms with Crippen molar-refractivity contribution < 1.29 is 21.6 Å². The molecule has 0 spiro atoms. The molecule has 2 nitrogen and oxygen atoms in total. The Hall–Kier alpha value is -1.47. The summed E-state index contributed by atoms with van der Waals surface area (Å²) in [6.45, 7) is 0. The van der Waals surface area contributed by atoms with Crippen LogP contribution in [0.25, 0.3) is 0 Å². The summed E-state index contributed by atoms with van der Waals surface area (Å²) in [5.74, 6) is -0.343. The molecular weight excluding hydrogens is 333 g/mol. The molecule has 1 unspecified atom stereocenters. The number of halogens is 3. The van der Waals surface area contributed by atoms with Gasteiger partial charge in [0.25, 0.3) is 0 Å². The van der Waals surface area contributed by atoms with E-state index in [2.05, 4.69) is 0 Å². The Kier molecular flexibility index (Phi) is 5.90. The average molecular weight is 346 g/mol. The Morgan fingerprint density at radius 2 is 1.55 bits per heavy atom. The molecule has 118 valence electrons. The number of alkyl halides is 3. The van der Waals surface area contributed by atoms with Crippen LogP contribution in [0.2, 0.25) is 0 Å². The molecule has 2 atom stereocenters. The number of thioether (sulfide) groups is 1. The fraction of sp³-hybridized carbons (Fsp3) is 0.200. The zero-order chi connectivity index (χ0) is 16.0. The molecule has 0 fully saturated rings. The lowest BCUT2D eigenvalue weighted by Crippen LogP contribution is -2.32. The van der Waals surface area contributed by atoms with Gasteiger partial charge in [0.15, 0.2) is 0 Å². The second-order valence-corrected chi connectivity index (χ2v) is 6.71. The summed E-state index contributed by atoms with van der Waals surface area (Å²) in [5.41, 5.74) is 0. The van der Waals surface area contributed by atoms with Crippen LogP contribution in [0.1, 0.15) is 0 Å². The molecule has 0 aromatic heterocycles. The van der Waals surface area contributed by atoms with Crippen molar-refractivity contribution in [3.63, 3.8) is 0 Å². The molecule has 0 bridgehead atoms. The molecule has 7 heteroatoms. The van der Waals surface area contributed by atoms with Gasteiger partial charge in [-0.2, -0.15) is 13.2 Å². The van der Waals surface area contributed by atoms with Crippen molar-refractivity contribution >= 4 is 22.8 Å². The van der Waals surface area contributed by atoms with E-state index in [1.807, 2.05) is 0 Å². The van der Waals surface area contributed by atoms with Gasteiger partial charge in [-0.05, 0) is 24.3 Å². The molecule has 0 saturated carbocycles. The third-order valence-electron chi connectivity index (χ3n) is 2.61. The Morgan fingerprint density at radius 1 is 1.00 bits per heavy atom. The Balaban J connectivity index is 2.02. The smallest absolute Gasteiger partial charge is 0.401 e. The van der Waals surface area contributed by atoms with Gasteiger partial charge >= 0.3 is 6.18 Å². The van der Waals surface area contributed by atoms with E-state index in [0.717, 1.165) is 0 Å². The van der Waals surface area contributed by atoms with Gasteiger partial charge < -0.3 is 4.18 Å². The van der Waals surface area contributed by atoms with E-state index in [1.165, 1.54) is 0 Å². The lowest BCUT2D eigenvalue weighted by molar-refractivity contribution is -0.124. The van der Waals surface area contributed by atoms with Crippen LogP contribution in [0, 0.1) is 0 Å². The van der Waals surface area contributed by atoms with Crippen LogP contribution in [0.4, 0.5) is 13.2 Å². The highest BCUT2D eigenvalue weighted by atomic mass is 32.2. The second-order valence-electron chi connectivity index (χ2n) is 4.33. The first-order valence-electron chi connectivity index (χ1n) is 6.35. The van der Waals surface area contributed by atoms with Gasteiger partial charge in [-0.15, -0.1) is 11.8 Å². The highest BCUT2D eigenvalue weighted by Gasteiger charge is 2.42. The van der Waals surface area contributed by atoms with Crippen LogP contribution in [-0.4, -0.2) is 21.4 Å². The minimum absolute atomic E-state index is 0.284. The molecule has 2 rings (SSSR count). The van der Waals surface area contributed by atoms with Gasteiger partial charge in [0.05, 0.1) is 5.75 Å². The highest BCUT2D eigenvalue weighted by molar-refractivity contribution is 8.00. The molecule has 0 amide bonds. The van der Waals surface area contributed by atoms with Gasteiger partial charge in [-0.1, -0.05) is 36.4 Å². The number of rotatable bonds is 6. The molecule has 0 aliphatic carbocycles. The fourth-order valence-corrected chi connectivity index (χ4v) is 3.81. The first kappa shape index (κ1) is 16.9. The maximum Gasteiger partial charge on any atom is 0.401 e. The lowest BCUT2D eigenvalue weighted by atomic mass is 10.3. The van der Waals surface area contributed by atoms with Gasteiger partial charge in [0.2, 0.25) is 11.1 Å². The molecule has 0 aliphatic rings. The van der Waals surface area contributed by atoms with Gasteiger partial charge in [-0.3, -0.25) is 0 Å². The molecule has 2 aromatic rings. The van der Waals surface area contributed by atoms with Gasteiger partial charge in [0.1, 0.15) is 11.0 Å². The van der Waals surface area contributed by atoms with Crippen LogP contribution < -0.4 is 4.18 Å². The van der Waals surface area contributed by atoms with Crippen molar-refractivity contribution in [2.45, 2.75) is 16.3 Å². The maximum atomic E-state index is 13.1. The monoisotopic (exact) mass is 346 g/mol. The van der Waals surface area contributed by atoms with E-state index in [9.17, 15) is 17.4 Å². The normalized spacial score (nSPS) is 14.3. The third kappa shape index (κ3) is 5.38. The largest absolute Gasteiger partial charge is 0.401 e. The van der Waals surface area contributed by atoms with Crippen LogP contribution in [-0.2, 0) is 11.1 Å². The van der Waals surface area contributed by atoms with Crippen LogP contribution in [0.5, 0.6) is 5.75 Å². The summed E-state index contributed by atoms with van der Waals surface area (Å²) in [7, 11) is 0. The number of hydrogen-bond acceptors (Lipinski definition) is 3. The van der Waals surface area contributed by atoms with Crippen LogP contribution in [0.3, 0.4) is 0 Å². The highest BCUT2D eigenvalue weighted by Crippen LogP contribution is 2.35. The zero-order valence-electron chi connectivity index (χ0n) is 11.3. The number of hydrogen-bond donors (Lipinski definition) is 0. The first-order chi connectivity index (χ1) is 10.4.